The SMILES string of the molecule is CCc1c2c(nc3cc(F)c(OCc4ccc(NC(=O)[C@H](C)N)cc4)cc13)-c1cc3c(c(=O)n1C2)COC(=O)[C@]3(O)CC. The van der Waals surface area contributed by atoms with Crippen LogP contribution in [0.1, 0.15) is 55.0 Å². The number of nitrogens with two attached hydrogens (primary N) is 1. The zero-order valence-electron chi connectivity index (χ0n) is 24.0. The Morgan fingerprint density at radius 1 is 1.21 bits per heavy atom. The molecule has 0 spiro atoms. The van der Waals surface area contributed by atoms with Crippen molar-refractivity contribution in [3.8, 4) is 17.1 Å². The number of anilines is 1. The zero-order chi connectivity index (χ0) is 30.6. The topological polar surface area (TPSA) is 146 Å². The molecule has 2 aliphatic heterocycles. The van der Waals surface area contributed by atoms with E-state index in [1.165, 1.54) is 6.07 Å². The van der Waals surface area contributed by atoms with Crippen LogP contribution >= 0.6 is 0 Å². The number of benzene rings is 2. The number of hydrogen-bond acceptors (Lipinski definition) is 8. The van der Waals surface area contributed by atoms with Crippen LogP contribution in [0.2, 0.25) is 0 Å². The smallest absolute Gasteiger partial charge is 0.343 e. The van der Waals surface area contributed by atoms with E-state index in [9.17, 15) is 19.5 Å². The van der Waals surface area contributed by atoms with Crippen LogP contribution in [0.4, 0.5) is 10.1 Å². The summed E-state index contributed by atoms with van der Waals surface area (Å²) in [5.41, 5.74) is 8.27. The molecule has 2 aromatic carbocycles. The molecule has 2 atom stereocenters. The second-order valence-electron chi connectivity index (χ2n) is 10.9. The molecule has 1 amide bonds. The first-order valence-electron chi connectivity index (χ1n) is 14.2. The second kappa shape index (κ2) is 10.6. The molecule has 0 fully saturated rings. The highest BCUT2D eigenvalue weighted by atomic mass is 19.1. The van der Waals surface area contributed by atoms with Crippen LogP contribution in [0, 0.1) is 5.82 Å². The Hall–Kier alpha value is -4.61. The fourth-order valence-electron chi connectivity index (χ4n) is 5.78. The molecule has 4 heterocycles. The van der Waals surface area contributed by atoms with Gasteiger partial charge in [0.15, 0.2) is 17.2 Å². The van der Waals surface area contributed by atoms with Gasteiger partial charge in [-0.05, 0) is 55.2 Å². The third kappa shape index (κ3) is 4.65. The van der Waals surface area contributed by atoms with Crippen molar-refractivity contribution in [2.75, 3.05) is 5.32 Å². The number of carbonyl (C=O) groups excluding carboxylic acids is 2. The number of cyclic esters (lactones) is 1. The summed E-state index contributed by atoms with van der Waals surface area (Å²) in [5.74, 6) is -1.62. The van der Waals surface area contributed by atoms with Crippen LogP contribution in [0.5, 0.6) is 5.75 Å². The molecule has 0 unspecified atom stereocenters. The van der Waals surface area contributed by atoms with Crippen molar-refractivity contribution in [2.45, 2.75) is 65.0 Å². The van der Waals surface area contributed by atoms with E-state index in [-0.39, 0.29) is 54.5 Å². The maximum Gasteiger partial charge on any atom is 0.343 e. The number of esters is 1. The Kier molecular flexibility index (Phi) is 7.02. The van der Waals surface area contributed by atoms with Crippen molar-refractivity contribution in [3.63, 3.8) is 0 Å². The van der Waals surface area contributed by atoms with Gasteiger partial charge < -0.3 is 30.2 Å². The average molecular weight is 587 g/mol. The van der Waals surface area contributed by atoms with Crippen molar-refractivity contribution in [2.24, 2.45) is 5.73 Å². The number of amides is 1. The average Bonchev–Trinajstić information content (AvgIpc) is 3.36. The molecule has 4 aromatic rings. The first-order valence-corrected chi connectivity index (χ1v) is 14.2. The number of nitrogens with zero attached hydrogens (tertiary/aromatic N) is 2. The van der Waals surface area contributed by atoms with Gasteiger partial charge in [-0.25, -0.2) is 14.2 Å². The lowest BCUT2D eigenvalue weighted by Gasteiger charge is -2.31. The number of hydrogen-bond donors (Lipinski definition) is 3. The number of nitrogens with one attached hydrogen (secondary N) is 1. The van der Waals surface area contributed by atoms with E-state index >= 15 is 4.39 Å². The molecule has 11 heteroatoms. The predicted octanol–water partition coefficient (Wildman–Crippen LogP) is 3.65. The van der Waals surface area contributed by atoms with Gasteiger partial charge in [0.05, 0.1) is 35.1 Å². The Labute approximate surface area is 246 Å². The second-order valence-corrected chi connectivity index (χ2v) is 10.9. The molecule has 43 heavy (non-hydrogen) atoms. The van der Waals surface area contributed by atoms with Crippen LogP contribution in [0.25, 0.3) is 22.3 Å². The Morgan fingerprint density at radius 2 is 1.95 bits per heavy atom. The van der Waals surface area contributed by atoms with Crippen LogP contribution < -0.4 is 21.3 Å². The lowest BCUT2D eigenvalue weighted by Crippen LogP contribution is -2.44. The predicted molar refractivity (Wildman–Crippen MR) is 157 cm³/mol. The van der Waals surface area contributed by atoms with Crippen molar-refractivity contribution in [3.05, 3.63) is 86.5 Å². The van der Waals surface area contributed by atoms with Gasteiger partial charge in [0.25, 0.3) is 5.56 Å². The Morgan fingerprint density at radius 3 is 2.63 bits per heavy atom. The van der Waals surface area contributed by atoms with Gasteiger partial charge in [-0.15, -0.1) is 0 Å². The van der Waals surface area contributed by atoms with E-state index in [0.29, 0.717) is 34.4 Å². The normalized spacial score (nSPS) is 17.6. The maximum atomic E-state index is 15.3. The van der Waals surface area contributed by atoms with Crippen LogP contribution in [-0.4, -0.2) is 32.6 Å². The molecular weight excluding hydrogens is 555 g/mol. The van der Waals surface area contributed by atoms with Crippen molar-refractivity contribution >= 4 is 28.5 Å². The minimum Gasteiger partial charge on any atom is -0.486 e. The van der Waals surface area contributed by atoms with E-state index in [2.05, 4.69) is 5.32 Å². The number of ether oxygens (including phenoxy) is 2. The number of rotatable bonds is 7. The number of aliphatic hydroxyl groups is 1. The van der Waals surface area contributed by atoms with Gasteiger partial charge >= 0.3 is 5.97 Å². The number of aryl methyl sites for hydroxylation is 1. The van der Waals surface area contributed by atoms with E-state index in [1.54, 1.807) is 54.8 Å². The minimum atomic E-state index is -1.93. The summed E-state index contributed by atoms with van der Waals surface area (Å²) in [6, 6.07) is 10.9. The van der Waals surface area contributed by atoms with Gasteiger partial charge in [-0.2, -0.15) is 0 Å². The largest absolute Gasteiger partial charge is 0.486 e. The summed E-state index contributed by atoms with van der Waals surface area (Å²) in [5, 5.41) is 14.5. The van der Waals surface area contributed by atoms with E-state index < -0.39 is 23.4 Å². The number of pyridine rings is 2. The highest BCUT2D eigenvalue weighted by Crippen LogP contribution is 2.41. The molecule has 0 saturated carbocycles. The van der Waals surface area contributed by atoms with E-state index in [4.69, 9.17) is 20.2 Å². The molecule has 4 N–H and O–H groups in total. The number of fused-ring (bicyclic) bond motifs is 5. The summed E-state index contributed by atoms with van der Waals surface area (Å²) >= 11 is 0. The summed E-state index contributed by atoms with van der Waals surface area (Å²) < 4.78 is 27.9. The van der Waals surface area contributed by atoms with Gasteiger partial charge in [0.2, 0.25) is 5.91 Å². The molecule has 6 rings (SSSR count). The summed E-state index contributed by atoms with van der Waals surface area (Å²) in [6.07, 6.45) is 0.631. The molecule has 0 bridgehead atoms. The van der Waals surface area contributed by atoms with Crippen molar-refractivity contribution in [1.82, 2.24) is 9.55 Å². The highest BCUT2D eigenvalue weighted by molar-refractivity contribution is 5.94. The van der Waals surface area contributed by atoms with E-state index in [0.717, 1.165) is 16.7 Å². The standard InChI is InChI=1S/C32H31FN4O6/c1-4-19-20-10-27(42-14-17-6-8-18(9-7-17)35-29(38)16(3)34)24(33)12-25(20)36-28-21(19)13-37-26(28)11-23-22(30(37)39)15-43-31(40)32(23,41)5-2/h6-12,16,41H,4-5,13-15,34H2,1-3H3,(H,35,38)/t16-,32-/m0/s1. The molecule has 222 valence electrons. The van der Waals surface area contributed by atoms with Crippen LogP contribution in [0.15, 0.2) is 47.3 Å². The van der Waals surface area contributed by atoms with Gasteiger partial charge in [0.1, 0.15) is 13.2 Å². The van der Waals surface area contributed by atoms with Crippen molar-refractivity contribution < 1.29 is 28.6 Å². The lowest BCUT2D eigenvalue weighted by molar-refractivity contribution is -0.172. The summed E-state index contributed by atoms with van der Waals surface area (Å²) in [7, 11) is 0. The summed E-state index contributed by atoms with van der Waals surface area (Å²) in [6.45, 7) is 5.36. The molecular formula is C32H31FN4O6. The minimum absolute atomic E-state index is 0.0439. The first-order chi connectivity index (χ1) is 20.5. The Bertz CT molecular complexity index is 1870. The summed E-state index contributed by atoms with van der Waals surface area (Å²) in [4.78, 5) is 42.6. The highest BCUT2D eigenvalue weighted by Gasteiger charge is 2.45. The third-order valence-corrected chi connectivity index (χ3v) is 8.24. The maximum absolute atomic E-state index is 15.3. The number of aromatic nitrogens is 2. The number of halogens is 1. The first kappa shape index (κ1) is 28.5. The quantitative estimate of drug-likeness (QED) is 0.245. The van der Waals surface area contributed by atoms with Crippen LogP contribution in [-0.2, 0) is 46.1 Å². The molecule has 0 saturated heterocycles. The fraction of sp³-hybridized carbons (Fsp3) is 0.312. The number of carbonyl (C=O) groups is 2. The Balaban J connectivity index is 1.34. The van der Waals surface area contributed by atoms with Gasteiger partial charge in [0, 0.05) is 28.3 Å². The van der Waals surface area contributed by atoms with Gasteiger partial charge in [-0.3, -0.25) is 9.59 Å². The van der Waals surface area contributed by atoms with Crippen molar-refractivity contribution in [1.29, 1.82) is 0 Å². The molecule has 0 radical (unpaired) electrons. The molecule has 10 nitrogen and oxygen atoms in total. The fourth-order valence-corrected chi connectivity index (χ4v) is 5.78. The zero-order valence-corrected chi connectivity index (χ0v) is 24.0. The molecule has 2 aromatic heterocycles. The van der Waals surface area contributed by atoms with Gasteiger partial charge in [-0.1, -0.05) is 26.0 Å². The monoisotopic (exact) mass is 586 g/mol. The van der Waals surface area contributed by atoms with E-state index in [1.807, 2.05) is 6.92 Å². The lowest BCUT2D eigenvalue weighted by atomic mass is 9.86. The molecule has 2 aliphatic rings. The third-order valence-electron chi connectivity index (χ3n) is 8.24. The molecule has 0 aliphatic carbocycles. The van der Waals surface area contributed by atoms with Crippen LogP contribution in [0.3, 0.4) is 0 Å².